The third kappa shape index (κ3) is 3.96. The Bertz CT molecular complexity index is 1400. The van der Waals surface area contributed by atoms with Crippen LogP contribution in [0.5, 0.6) is 11.5 Å². The van der Waals surface area contributed by atoms with Crippen molar-refractivity contribution in [3.8, 4) is 22.8 Å². The van der Waals surface area contributed by atoms with E-state index < -0.39 is 4.92 Å². The first-order valence-corrected chi connectivity index (χ1v) is 10.1. The van der Waals surface area contributed by atoms with E-state index in [0.717, 1.165) is 33.5 Å². The van der Waals surface area contributed by atoms with E-state index >= 15 is 0 Å². The highest BCUT2D eigenvalue weighted by Gasteiger charge is 2.10. The number of hydrogen-bond acceptors (Lipinski definition) is 5. The Morgan fingerprint density at radius 3 is 2.47 bits per heavy atom. The van der Waals surface area contributed by atoms with Gasteiger partial charge in [-0.15, -0.1) is 0 Å². The largest absolute Gasteiger partial charge is 0.490 e. The van der Waals surface area contributed by atoms with Crippen molar-refractivity contribution in [3.63, 3.8) is 0 Å². The minimum atomic E-state index is -0.421. The SMILES string of the molecule is O=[N+]([O-])c1ccc2nc(-c3ccc(OCCOc4cccc5ccccc45)cc3)cn2c1. The Morgan fingerprint density at radius 1 is 0.844 bits per heavy atom. The van der Waals surface area contributed by atoms with Crippen molar-refractivity contribution in [1.82, 2.24) is 9.38 Å². The number of ether oxygens (including phenoxy) is 2. The first-order valence-electron chi connectivity index (χ1n) is 10.1. The van der Waals surface area contributed by atoms with Crippen LogP contribution in [0, 0.1) is 10.1 Å². The second kappa shape index (κ2) is 8.39. The molecular formula is C25H19N3O4. The van der Waals surface area contributed by atoms with Gasteiger partial charge in [0.2, 0.25) is 0 Å². The van der Waals surface area contributed by atoms with Crippen LogP contribution in [0.2, 0.25) is 0 Å². The summed E-state index contributed by atoms with van der Waals surface area (Å²) in [7, 11) is 0. The third-order valence-corrected chi connectivity index (χ3v) is 5.16. The highest BCUT2D eigenvalue weighted by Crippen LogP contribution is 2.26. The van der Waals surface area contributed by atoms with Gasteiger partial charge in [-0.3, -0.25) is 14.5 Å². The molecule has 0 aliphatic heterocycles. The molecule has 0 N–H and O–H groups in total. The molecule has 0 radical (unpaired) electrons. The molecule has 0 spiro atoms. The Labute approximate surface area is 183 Å². The first kappa shape index (κ1) is 19.6. The van der Waals surface area contributed by atoms with Gasteiger partial charge in [0.15, 0.2) is 0 Å². The molecule has 0 bridgehead atoms. The van der Waals surface area contributed by atoms with Gasteiger partial charge in [-0.2, -0.15) is 0 Å². The summed E-state index contributed by atoms with van der Waals surface area (Å²) in [5, 5.41) is 13.2. The lowest BCUT2D eigenvalue weighted by molar-refractivity contribution is -0.385. The zero-order valence-electron chi connectivity index (χ0n) is 17.0. The van der Waals surface area contributed by atoms with Crippen LogP contribution >= 0.6 is 0 Å². The van der Waals surface area contributed by atoms with Gasteiger partial charge in [-0.05, 0) is 41.8 Å². The van der Waals surface area contributed by atoms with Gasteiger partial charge in [0.25, 0.3) is 5.69 Å². The van der Waals surface area contributed by atoms with Crippen molar-refractivity contribution in [3.05, 3.63) is 101 Å². The summed E-state index contributed by atoms with van der Waals surface area (Å²) < 4.78 is 13.4. The van der Waals surface area contributed by atoms with E-state index in [-0.39, 0.29) is 5.69 Å². The molecule has 158 valence electrons. The predicted octanol–water partition coefficient (Wildman–Crippen LogP) is 5.52. The van der Waals surface area contributed by atoms with Crippen LogP contribution in [0.3, 0.4) is 0 Å². The fourth-order valence-corrected chi connectivity index (χ4v) is 3.58. The molecule has 0 unspecified atom stereocenters. The molecule has 0 saturated heterocycles. The number of benzene rings is 3. The lowest BCUT2D eigenvalue weighted by Crippen LogP contribution is -2.09. The summed E-state index contributed by atoms with van der Waals surface area (Å²) in [6, 6.07) is 24.8. The molecule has 0 aliphatic rings. The maximum absolute atomic E-state index is 11.0. The Hall–Kier alpha value is -4.39. The number of fused-ring (bicyclic) bond motifs is 2. The summed E-state index contributed by atoms with van der Waals surface area (Å²) >= 11 is 0. The molecule has 7 heteroatoms. The number of nitrogens with zero attached hydrogens (tertiary/aromatic N) is 3. The molecule has 5 rings (SSSR count). The van der Waals surface area contributed by atoms with E-state index in [1.54, 1.807) is 16.7 Å². The smallest absolute Gasteiger partial charge is 0.286 e. The second-order valence-electron chi connectivity index (χ2n) is 7.23. The van der Waals surface area contributed by atoms with Crippen LogP contribution in [-0.4, -0.2) is 27.5 Å². The van der Waals surface area contributed by atoms with Crippen LogP contribution in [0.1, 0.15) is 0 Å². The summed E-state index contributed by atoms with van der Waals surface area (Å²) in [6.07, 6.45) is 3.23. The van der Waals surface area contributed by atoms with Gasteiger partial charge in [0.05, 0.1) is 16.8 Å². The Morgan fingerprint density at radius 2 is 1.62 bits per heavy atom. The number of aromatic nitrogens is 2. The zero-order chi connectivity index (χ0) is 21.9. The molecule has 3 aromatic carbocycles. The molecule has 5 aromatic rings. The first-order chi connectivity index (χ1) is 15.7. The van der Waals surface area contributed by atoms with E-state index in [2.05, 4.69) is 17.1 Å². The number of nitro groups is 1. The van der Waals surface area contributed by atoms with Crippen molar-refractivity contribution in [2.75, 3.05) is 13.2 Å². The monoisotopic (exact) mass is 425 g/mol. The van der Waals surface area contributed by atoms with Crippen LogP contribution in [-0.2, 0) is 0 Å². The normalized spacial score (nSPS) is 11.0. The molecular weight excluding hydrogens is 406 g/mol. The minimum absolute atomic E-state index is 0.0240. The fourth-order valence-electron chi connectivity index (χ4n) is 3.58. The summed E-state index contributed by atoms with van der Waals surface area (Å²) in [5.74, 6) is 1.57. The maximum atomic E-state index is 11.0. The van der Waals surface area contributed by atoms with Crippen LogP contribution in [0.25, 0.3) is 27.7 Å². The highest BCUT2D eigenvalue weighted by atomic mass is 16.6. The van der Waals surface area contributed by atoms with Gasteiger partial charge in [-0.1, -0.05) is 36.4 Å². The molecule has 2 aromatic heterocycles. The standard InChI is InChI=1S/C25H19N3O4/c29-28(30)20-10-13-25-26-23(17-27(25)16-20)19-8-11-21(12-9-19)31-14-15-32-24-7-3-5-18-4-1-2-6-22(18)24/h1-13,16-17H,14-15H2. The summed E-state index contributed by atoms with van der Waals surface area (Å²) in [4.78, 5) is 15.1. The number of pyridine rings is 1. The maximum Gasteiger partial charge on any atom is 0.286 e. The molecule has 0 saturated carbocycles. The summed E-state index contributed by atoms with van der Waals surface area (Å²) in [6.45, 7) is 0.849. The quantitative estimate of drug-likeness (QED) is 0.195. The molecule has 0 aliphatic carbocycles. The van der Waals surface area contributed by atoms with E-state index in [4.69, 9.17) is 9.47 Å². The Kier molecular flexibility index (Phi) is 5.13. The average molecular weight is 425 g/mol. The molecule has 2 heterocycles. The average Bonchev–Trinajstić information content (AvgIpc) is 3.26. The van der Waals surface area contributed by atoms with Gasteiger partial charge in [-0.25, -0.2) is 4.98 Å². The Balaban J connectivity index is 1.21. The number of rotatable bonds is 7. The van der Waals surface area contributed by atoms with Crippen LogP contribution in [0.15, 0.2) is 91.3 Å². The molecule has 0 fully saturated rings. The van der Waals surface area contributed by atoms with E-state index in [0.29, 0.717) is 18.9 Å². The lowest BCUT2D eigenvalue weighted by Gasteiger charge is -2.10. The van der Waals surface area contributed by atoms with Gasteiger partial charge < -0.3 is 9.47 Å². The molecule has 7 nitrogen and oxygen atoms in total. The zero-order valence-corrected chi connectivity index (χ0v) is 17.0. The van der Waals surface area contributed by atoms with Crippen molar-refractivity contribution < 1.29 is 14.4 Å². The van der Waals surface area contributed by atoms with Gasteiger partial charge in [0.1, 0.15) is 30.4 Å². The van der Waals surface area contributed by atoms with Crippen LogP contribution < -0.4 is 9.47 Å². The van der Waals surface area contributed by atoms with E-state index in [9.17, 15) is 10.1 Å². The minimum Gasteiger partial charge on any atom is -0.490 e. The highest BCUT2D eigenvalue weighted by molar-refractivity contribution is 5.88. The van der Waals surface area contributed by atoms with E-state index in [1.807, 2.05) is 54.6 Å². The fraction of sp³-hybridized carbons (Fsp3) is 0.0800. The van der Waals surface area contributed by atoms with Crippen molar-refractivity contribution >= 4 is 22.1 Å². The number of hydrogen-bond donors (Lipinski definition) is 0. The predicted molar refractivity (Wildman–Crippen MR) is 122 cm³/mol. The molecule has 32 heavy (non-hydrogen) atoms. The van der Waals surface area contributed by atoms with Crippen LogP contribution in [0.4, 0.5) is 5.69 Å². The second-order valence-corrected chi connectivity index (χ2v) is 7.23. The third-order valence-electron chi connectivity index (χ3n) is 5.16. The van der Waals surface area contributed by atoms with Crippen molar-refractivity contribution in [1.29, 1.82) is 0 Å². The van der Waals surface area contributed by atoms with Crippen molar-refractivity contribution in [2.24, 2.45) is 0 Å². The summed E-state index contributed by atoms with van der Waals surface area (Å²) in [5.41, 5.74) is 2.31. The molecule has 0 amide bonds. The number of imidazole rings is 1. The van der Waals surface area contributed by atoms with E-state index in [1.165, 1.54) is 12.3 Å². The van der Waals surface area contributed by atoms with Gasteiger partial charge in [0, 0.05) is 23.2 Å². The molecule has 0 atom stereocenters. The lowest BCUT2D eigenvalue weighted by atomic mass is 10.1. The van der Waals surface area contributed by atoms with Crippen molar-refractivity contribution in [2.45, 2.75) is 0 Å². The topological polar surface area (TPSA) is 78.9 Å². The van der Waals surface area contributed by atoms with Gasteiger partial charge >= 0.3 is 0 Å².